The number of hydrogen-bond donors (Lipinski definition) is 2. The SMILES string of the molecule is N#Cc1ccccc1Oc1ccc(NC(=O)c2cnn3c2CNCC3)cc1. The maximum Gasteiger partial charge on any atom is 0.259 e. The highest BCUT2D eigenvalue weighted by Crippen LogP contribution is 2.26. The normalized spacial score (nSPS) is 12.7. The fraction of sp³-hybridized carbons (Fsp3) is 0.150. The van der Waals surface area contributed by atoms with E-state index in [0.29, 0.717) is 34.9 Å². The average Bonchev–Trinajstić information content (AvgIpc) is 3.14. The number of anilines is 1. The van der Waals surface area contributed by atoms with E-state index in [0.717, 1.165) is 18.8 Å². The lowest BCUT2D eigenvalue weighted by atomic mass is 10.2. The number of nitrogens with zero attached hydrogens (tertiary/aromatic N) is 3. The fourth-order valence-electron chi connectivity index (χ4n) is 2.95. The first-order chi connectivity index (χ1) is 13.2. The van der Waals surface area contributed by atoms with E-state index in [-0.39, 0.29) is 5.91 Å². The molecule has 1 aliphatic rings. The number of benzene rings is 2. The van der Waals surface area contributed by atoms with Gasteiger partial charge in [-0.2, -0.15) is 10.4 Å². The van der Waals surface area contributed by atoms with Crippen LogP contribution in [-0.4, -0.2) is 22.2 Å². The van der Waals surface area contributed by atoms with E-state index >= 15 is 0 Å². The Balaban J connectivity index is 1.46. The molecular weight excluding hydrogens is 342 g/mol. The summed E-state index contributed by atoms with van der Waals surface area (Å²) < 4.78 is 7.61. The third-order valence-electron chi connectivity index (χ3n) is 4.33. The van der Waals surface area contributed by atoms with Gasteiger partial charge in [-0.3, -0.25) is 9.48 Å². The number of nitrogens with one attached hydrogen (secondary N) is 2. The summed E-state index contributed by atoms with van der Waals surface area (Å²) >= 11 is 0. The van der Waals surface area contributed by atoms with Crippen molar-refractivity contribution < 1.29 is 9.53 Å². The maximum absolute atomic E-state index is 12.5. The molecule has 2 N–H and O–H groups in total. The fourth-order valence-corrected chi connectivity index (χ4v) is 2.95. The molecule has 0 spiro atoms. The highest BCUT2D eigenvalue weighted by atomic mass is 16.5. The van der Waals surface area contributed by atoms with Crippen molar-refractivity contribution in [1.29, 1.82) is 5.26 Å². The minimum atomic E-state index is -0.191. The van der Waals surface area contributed by atoms with Gasteiger partial charge in [0.1, 0.15) is 17.6 Å². The lowest BCUT2D eigenvalue weighted by molar-refractivity contribution is 0.102. The molecule has 0 radical (unpaired) electrons. The molecule has 0 unspecified atom stereocenters. The molecule has 134 valence electrons. The van der Waals surface area contributed by atoms with Crippen LogP contribution in [0.25, 0.3) is 0 Å². The van der Waals surface area contributed by atoms with Gasteiger partial charge in [0, 0.05) is 18.8 Å². The zero-order valence-electron chi connectivity index (χ0n) is 14.5. The van der Waals surface area contributed by atoms with Crippen LogP contribution in [0.15, 0.2) is 54.7 Å². The van der Waals surface area contributed by atoms with Gasteiger partial charge >= 0.3 is 0 Å². The zero-order chi connectivity index (χ0) is 18.6. The van der Waals surface area contributed by atoms with Crippen LogP contribution >= 0.6 is 0 Å². The molecule has 27 heavy (non-hydrogen) atoms. The Morgan fingerprint density at radius 2 is 2.04 bits per heavy atom. The number of aromatic nitrogens is 2. The lowest BCUT2D eigenvalue weighted by Gasteiger charge is -2.16. The summed E-state index contributed by atoms with van der Waals surface area (Å²) in [7, 11) is 0. The van der Waals surface area contributed by atoms with Gasteiger partial charge in [0.05, 0.1) is 29.6 Å². The molecule has 0 aliphatic carbocycles. The van der Waals surface area contributed by atoms with Crippen LogP contribution in [0.4, 0.5) is 5.69 Å². The van der Waals surface area contributed by atoms with Crippen LogP contribution < -0.4 is 15.4 Å². The van der Waals surface area contributed by atoms with E-state index in [9.17, 15) is 4.79 Å². The van der Waals surface area contributed by atoms with Crippen molar-refractivity contribution in [3.05, 3.63) is 71.5 Å². The Bertz CT molecular complexity index is 1020. The standard InChI is InChI=1S/C20H17N5O2/c21-11-14-3-1-2-4-19(14)27-16-7-5-15(6-8-16)24-20(26)17-12-23-25-10-9-22-13-18(17)25/h1-8,12,22H,9-10,13H2,(H,24,26). The second-order valence-corrected chi connectivity index (χ2v) is 6.09. The Hall–Kier alpha value is -3.63. The van der Waals surface area contributed by atoms with Crippen molar-refractivity contribution >= 4 is 11.6 Å². The topological polar surface area (TPSA) is 92.0 Å². The molecule has 2 heterocycles. The van der Waals surface area contributed by atoms with Crippen molar-refractivity contribution in [3.63, 3.8) is 0 Å². The summed E-state index contributed by atoms with van der Waals surface area (Å²) in [4.78, 5) is 12.5. The van der Waals surface area contributed by atoms with Crippen molar-refractivity contribution in [2.45, 2.75) is 13.1 Å². The number of fused-ring (bicyclic) bond motifs is 1. The minimum absolute atomic E-state index is 0.191. The monoisotopic (exact) mass is 359 g/mol. The van der Waals surface area contributed by atoms with Crippen LogP contribution in [0, 0.1) is 11.3 Å². The number of hydrogen-bond acceptors (Lipinski definition) is 5. The quantitative estimate of drug-likeness (QED) is 0.747. The molecule has 7 heteroatoms. The lowest BCUT2D eigenvalue weighted by Crippen LogP contribution is -2.30. The minimum Gasteiger partial charge on any atom is -0.456 e. The molecule has 1 aromatic heterocycles. The van der Waals surface area contributed by atoms with Gasteiger partial charge in [0.15, 0.2) is 0 Å². The first kappa shape index (κ1) is 16.8. The Morgan fingerprint density at radius 3 is 2.85 bits per heavy atom. The van der Waals surface area contributed by atoms with Gasteiger partial charge in [-0.15, -0.1) is 0 Å². The van der Waals surface area contributed by atoms with Crippen molar-refractivity contribution in [2.75, 3.05) is 11.9 Å². The summed E-state index contributed by atoms with van der Waals surface area (Å²) in [6.45, 7) is 2.25. The molecular formula is C20H17N5O2. The number of carbonyl (C=O) groups is 1. The third-order valence-corrected chi connectivity index (χ3v) is 4.33. The number of para-hydroxylation sites is 1. The molecule has 0 saturated carbocycles. The van der Waals surface area contributed by atoms with Crippen LogP contribution in [0.2, 0.25) is 0 Å². The molecule has 0 atom stereocenters. The van der Waals surface area contributed by atoms with E-state index in [4.69, 9.17) is 10.00 Å². The van der Waals surface area contributed by atoms with Gasteiger partial charge in [-0.1, -0.05) is 12.1 Å². The van der Waals surface area contributed by atoms with E-state index in [1.54, 1.807) is 48.7 Å². The average molecular weight is 359 g/mol. The zero-order valence-corrected chi connectivity index (χ0v) is 14.5. The first-order valence-corrected chi connectivity index (χ1v) is 8.58. The smallest absolute Gasteiger partial charge is 0.259 e. The van der Waals surface area contributed by atoms with E-state index < -0.39 is 0 Å². The van der Waals surface area contributed by atoms with Gasteiger partial charge in [0.25, 0.3) is 5.91 Å². The number of rotatable bonds is 4. The maximum atomic E-state index is 12.5. The summed E-state index contributed by atoms with van der Waals surface area (Å²) in [6, 6.07) is 16.2. The first-order valence-electron chi connectivity index (χ1n) is 8.58. The van der Waals surface area contributed by atoms with Crippen molar-refractivity contribution in [3.8, 4) is 17.6 Å². The largest absolute Gasteiger partial charge is 0.456 e. The molecule has 3 aromatic rings. The Morgan fingerprint density at radius 1 is 1.22 bits per heavy atom. The number of ether oxygens (including phenoxy) is 1. The predicted octanol–water partition coefficient (Wildman–Crippen LogP) is 2.90. The molecule has 0 bridgehead atoms. The molecule has 4 rings (SSSR count). The number of nitriles is 1. The highest BCUT2D eigenvalue weighted by molar-refractivity contribution is 6.05. The second-order valence-electron chi connectivity index (χ2n) is 6.09. The van der Waals surface area contributed by atoms with Gasteiger partial charge < -0.3 is 15.4 Å². The van der Waals surface area contributed by atoms with Crippen molar-refractivity contribution in [2.24, 2.45) is 0 Å². The molecule has 7 nitrogen and oxygen atoms in total. The predicted molar refractivity (Wildman–Crippen MR) is 99.6 cm³/mol. The molecule has 0 fully saturated rings. The van der Waals surface area contributed by atoms with Crippen LogP contribution in [0.3, 0.4) is 0 Å². The summed E-state index contributed by atoms with van der Waals surface area (Å²) in [6.07, 6.45) is 1.61. The molecule has 0 saturated heterocycles. The van der Waals surface area contributed by atoms with E-state index in [2.05, 4.69) is 21.8 Å². The van der Waals surface area contributed by atoms with Crippen LogP contribution in [0.5, 0.6) is 11.5 Å². The molecule has 1 amide bonds. The molecule has 2 aromatic carbocycles. The number of amides is 1. The van der Waals surface area contributed by atoms with Gasteiger partial charge in [-0.25, -0.2) is 0 Å². The summed E-state index contributed by atoms with van der Waals surface area (Å²) in [5.41, 5.74) is 2.59. The summed E-state index contributed by atoms with van der Waals surface area (Å²) in [5, 5.41) is 19.5. The van der Waals surface area contributed by atoms with Gasteiger partial charge in [0.2, 0.25) is 0 Å². The third kappa shape index (κ3) is 3.52. The van der Waals surface area contributed by atoms with Gasteiger partial charge in [-0.05, 0) is 36.4 Å². The second kappa shape index (κ2) is 7.32. The van der Waals surface area contributed by atoms with Crippen LogP contribution in [-0.2, 0) is 13.1 Å². The Labute approximate surface area is 156 Å². The van der Waals surface area contributed by atoms with E-state index in [1.807, 2.05) is 10.7 Å². The van der Waals surface area contributed by atoms with Crippen LogP contribution in [0.1, 0.15) is 21.6 Å². The number of carbonyl (C=O) groups excluding carboxylic acids is 1. The highest BCUT2D eigenvalue weighted by Gasteiger charge is 2.19. The molecule has 1 aliphatic heterocycles. The van der Waals surface area contributed by atoms with Crippen molar-refractivity contribution in [1.82, 2.24) is 15.1 Å². The van der Waals surface area contributed by atoms with E-state index in [1.165, 1.54) is 0 Å². The summed E-state index contributed by atoms with van der Waals surface area (Å²) in [5.74, 6) is 0.891. The Kier molecular flexibility index (Phi) is 4.56.